The van der Waals surface area contributed by atoms with Crippen molar-refractivity contribution in [1.29, 1.82) is 0 Å². The van der Waals surface area contributed by atoms with Gasteiger partial charge in [-0.05, 0) is 34.1 Å². The highest BCUT2D eigenvalue weighted by atomic mass is 79.9. The van der Waals surface area contributed by atoms with Crippen LogP contribution in [0.3, 0.4) is 0 Å². The van der Waals surface area contributed by atoms with Crippen molar-refractivity contribution in [3.63, 3.8) is 0 Å². The van der Waals surface area contributed by atoms with E-state index in [4.69, 9.17) is 9.69 Å². The van der Waals surface area contributed by atoms with Crippen LogP contribution < -0.4 is 5.14 Å². The van der Waals surface area contributed by atoms with Crippen LogP contribution in [0, 0.1) is 0 Å². The summed E-state index contributed by atoms with van der Waals surface area (Å²) in [6.45, 7) is 0. The molecular formula is C10H10BrN3O4S2. The molecular weight excluding hydrogens is 370 g/mol. The number of aromatic nitrogens is 2. The summed E-state index contributed by atoms with van der Waals surface area (Å²) >= 11 is 1.18. The molecule has 0 aromatic carbocycles. The fourth-order valence-corrected chi connectivity index (χ4v) is 2.36. The number of rotatable bonds is 2. The van der Waals surface area contributed by atoms with Gasteiger partial charge >= 0.3 is 0 Å². The molecule has 0 radical (unpaired) electrons. The number of nitrogens with two attached hydrogens (primary N) is 1. The van der Waals surface area contributed by atoms with Crippen molar-refractivity contribution in [3.8, 4) is 0 Å². The molecule has 1 atom stereocenters. The Labute approximate surface area is 126 Å². The predicted molar refractivity (Wildman–Crippen MR) is 76.6 cm³/mol. The standard InChI is InChI=1S/C5H5BrN2O2S.C5H5NO2S/c6-4-1-5(3-8-2-4)11(7,9)10;7-9(8)5-2-1-3-6-4-5/h1-3H,(H2,7,9,10);1-4H,(H,7,8). The van der Waals surface area contributed by atoms with Crippen molar-refractivity contribution in [1.82, 2.24) is 9.97 Å². The Hall–Kier alpha value is -1.20. The first-order chi connectivity index (χ1) is 9.30. The van der Waals surface area contributed by atoms with Gasteiger partial charge in [-0.2, -0.15) is 0 Å². The van der Waals surface area contributed by atoms with Crippen molar-refractivity contribution in [2.75, 3.05) is 0 Å². The molecule has 0 spiro atoms. The minimum atomic E-state index is -3.62. The highest BCUT2D eigenvalue weighted by Crippen LogP contribution is 2.12. The van der Waals surface area contributed by atoms with Gasteiger partial charge in [-0.25, -0.2) is 17.8 Å². The molecule has 2 aromatic heterocycles. The summed E-state index contributed by atoms with van der Waals surface area (Å²) < 4.78 is 40.7. The Morgan fingerprint density at radius 2 is 1.95 bits per heavy atom. The lowest BCUT2D eigenvalue weighted by molar-refractivity contribution is 0.564. The molecule has 0 aliphatic rings. The zero-order valence-electron chi connectivity index (χ0n) is 9.88. The molecule has 0 amide bonds. The molecule has 20 heavy (non-hydrogen) atoms. The van der Waals surface area contributed by atoms with Crippen molar-refractivity contribution < 1.29 is 17.2 Å². The molecule has 7 nitrogen and oxygen atoms in total. The van der Waals surface area contributed by atoms with E-state index >= 15 is 0 Å². The van der Waals surface area contributed by atoms with Gasteiger partial charge in [0.1, 0.15) is 4.90 Å². The second-order valence-corrected chi connectivity index (χ2v) is 6.77. The van der Waals surface area contributed by atoms with Gasteiger partial charge in [0.25, 0.3) is 0 Å². The smallest absolute Gasteiger partial charge is 0.239 e. The van der Waals surface area contributed by atoms with Crippen LogP contribution >= 0.6 is 15.9 Å². The zero-order valence-corrected chi connectivity index (χ0v) is 13.1. The van der Waals surface area contributed by atoms with Gasteiger partial charge in [-0.15, -0.1) is 0 Å². The van der Waals surface area contributed by atoms with Gasteiger partial charge < -0.3 is 4.55 Å². The van der Waals surface area contributed by atoms with E-state index in [2.05, 4.69) is 25.9 Å². The third-order valence-corrected chi connectivity index (χ3v) is 3.80. The van der Waals surface area contributed by atoms with Gasteiger partial charge in [0.05, 0.1) is 4.90 Å². The highest BCUT2D eigenvalue weighted by Gasteiger charge is 2.07. The lowest BCUT2D eigenvalue weighted by atomic mass is 10.5. The zero-order chi connectivity index (χ0) is 15.2. The molecule has 0 saturated heterocycles. The average molecular weight is 380 g/mol. The summed E-state index contributed by atoms with van der Waals surface area (Å²) in [5.74, 6) is 0. The molecule has 108 valence electrons. The van der Waals surface area contributed by atoms with Crippen molar-refractivity contribution in [2.45, 2.75) is 9.79 Å². The maximum absolute atomic E-state index is 10.7. The van der Waals surface area contributed by atoms with Gasteiger partial charge in [0.15, 0.2) is 11.1 Å². The average Bonchev–Trinajstić information content (AvgIpc) is 2.39. The van der Waals surface area contributed by atoms with Crippen LogP contribution in [0.4, 0.5) is 0 Å². The molecule has 10 heteroatoms. The summed E-state index contributed by atoms with van der Waals surface area (Å²) in [6, 6.07) is 4.55. The molecule has 2 aromatic rings. The SMILES string of the molecule is NS(=O)(=O)c1cncc(Br)c1.O=S(O)c1cccnc1. The van der Waals surface area contributed by atoms with Crippen LogP contribution in [-0.2, 0) is 21.1 Å². The van der Waals surface area contributed by atoms with E-state index < -0.39 is 21.1 Å². The van der Waals surface area contributed by atoms with Crippen LogP contribution in [0.25, 0.3) is 0 Å². The first kappa shape index (κ1) is 16.9. The lowest BCUT2D eigenvalue weighted by Gasteiger charge is -1.95. The Kier molecular flexibility index (Phi) is 6.36. The molecule has 0 aliphatic heterocycles. The van der Waals surface area contributed by atoms with E-state index in [1.165, 1.54) is 24.7 Å². The van der Waals surface area contributed by atoms with E-state index in [-0.39, 0.29) is 4.90 Å². The summed E-state index contributed by atoms with van der Waals surface area (Å²) in [4.78, 5) is 7.63. The number of halogens is 1. The Balaban J connectivity index is 0.000000204. The summed E-state index contributed by atoms with van der Waals surface area (Å²) in [5.41, 5.74) is 0. The van der Waals surface area contributed by atoms with Gasteiger partial charge in [0.2, 0.25) is 10.0 Å². The fraction of sp³-hybridized carbons (Fsp3) is 0. The molecule has 0 saturated carbocycles. The van der Waals surface area contributed by atoms with Gasteiger partial charge in [-0.1, -0.05) is 0 Å². The molecule has 1 unspecified atom stereocenters. The van der Waals surface area contributed by atoms with Crippen LogP contribution in [-0.4, -0.2) is 27.1 Å². The van der Waals surface area contributed by atoms with Gasteiger partial charge in [-0.3, -0.25) is 9.97 Å². The van der Waals surface area contributed by atoms with E-state index in [1.54, 1.807) is 18.3 Å². The third-order valence-electron chi connectivity index (χ3n) is 1.84. The van der Waals surface area contributed by atoms with Crippen LogP contribution in [0.2, 0.25) is 0 Å². The molecule has 2 rings (SSSR count). The minimum Gasteiger partial charge on any atom is -0.302 e. The maximum Gasteiger partial charge on any atom is 0.239 e. The number of nitrogens with zero attached hydrogens (tertiary/aromatic N) is 2. The third kappa shape index (κ3) is 5.84. The summed E-state index contributed by atoms with van der Waals surface area (Å²) in [7, 11) is -3.62. The number of hydrogen-bond acceptors (Lipinski definition) is 5. The van der Waals surface area contributed by atoms with Crippen molar-refractivity contribution in [2.24, 2.45) is 5.14 Å². The second kappa shape index (κ2) is 7.55. The van der Waals surface area contributed by atoms with Crippen molar-refractivity contribution >= 4 is 37.0 Å². The maximum atomic E-state index is 10.7. The minimum absolute atomic E-state index is 0.00637. The molecule has 2 heterocycles. The highest BCUT2D eigenvalue weighted by molar-refractivity contribution is 9.10. The Morgan fingerprint density at radius 1 is 1.25 bits per heavy atom. The lowest BCUT2D eigenvalue weighted by Crippen LogP contribution is -2.12. The predicted octanol–water partition coefficient (Wildman–Crippen LogP) is 1.15. The molecule has 3 N–H and O–H groups in total. The monoisotopic (exact) mass is 379 g/mol. The number of pyridine rings is 2. The van der Waals surface area contributed by atoms with Crippen LogP contribution in [0.5, 0.6) is 0 Å². The number of sulfonamides is 1. The quantitative estimate of drug-likeness (QED) is 0.754. The first-order valence-corrected chi connectivity index (χ1v) is 8.39. The first-order valence-electron chi connectivity index (χ1n) is 4.95. The van der Waals surface area contributed by atoms with Crippen LogP contribution in [0.1, 0.15) is 0 Å². The van der Waals surface area contributed by atoms with E-state index in [9.17, 15) is 12.6 Å². The van der Waals surface area contributed by atoms with Crippen LogP contribution in [0.15, 0.2) is 57.3 Å². The molecule has 0 bridgehead atoms. The van der Waals surface area contributed by atoms with E-state index in [0.717, 1.165) is 0 Å². The fourth-order valence-electron chi connectivity index (χ4n) is 0.998. The second-order valence-electron chi connectivity index (χ2n) is 3.32. The number of primary sulfonamides is 1. The molecule has 0 fully saturated rings. The topological polar surface area (TPSA) is 123 Å². The van der Waals surface area contributed by atoms with E-state index in [1.807, 2.05) is 0 Å². The summed E-state index contributed by atoms with van der Waals surface area (Å²) in [6.07, 6.45) is 5.58. The largest absolute Gasteiger partial charge is 0.302 e. The van der Waals surface area contributed by atoms with E-state index in [0.29, 0.717) is 9.37 Å². The summed E-state index contributed by atoms with van der Waals surface area (Å²) in [5, 5.41) is 4.84. The normalized spacial score (nSPS) is 12.2. The molecule has 0 aliphatic carbocycles. The van der Waals surface area contributed by atoms with Crippen molar-refractivity contribution in [3.05, 3.63) is 47.5 Å². The van der Waals surface area contributed by atoms with Gasteiger partial charge in [0, 0.05) is 29.3 Å². The Bertz CT molecular complexity index is 695. The number of hydrogen-bond donors (Lipinski definition) is 2. The Morgan fingerprint density at radius 3 is 2.30 bits per heavy atom.